The Morgan fingerprint density at radius 2 is 1.90 bits per heavy atom. The topological polar surface area (TPSA) is 62.2 Å². The van der Waals surface area contributed by atoms with Crippen LogP contribution in [0, 0.1) is 13.8 Å². The summed E-state index contributed by atoms with van der Waals surface area (Å²) < 4.78 is 11.1. The Morgan fingerprint density at radius 1 is 1.20 bits per heavy atom. The highest BCUT2D eigenvalue weighted by Crippen LogP contribution is 2.17. The summed E-state index contributed by atoms with van der Waals surface area (Å²) in [6, 6.07) is 3.63. The molecule has 1 aromatic rings. The summed E-state index contributed by atoms with van der Waals surface area (Å²) in [7, 11) is -1.46. The molecule has 0 aliphatic carbocycles. The molecule has 1 aliphatic heterocycles. The Kier molecular flexibility index (Phi) is 5.42. The van der Waals surface area contributed by atoms with Crippen molar-refractivity contribution in [2.45, 2.75) is 13.8 Å². The zero-order valence-corrected chi connectivity index (χ0v) is 12.1. The second-order valence-electron chi connectivity index (χ2n) is 5.15. The Balaban J connectivity index is 1.93. The largest absolute Gasteiger partial charge is 0.492 e. The average molecular weight is 279 g/mol. The van der Waals surface area contributed by atoms with Crippen LogP contribution in [-0.4, -0.2) is 61.5 Å². The molecule has 0 bridgehead atoms. The first-order valence-electron chi connectivity index (χ1n) is 6.98. The van der Waals surface area contributed by atoms with Gasteiger partial charge in [0, 0.05) is 19.6 Å². The van der Waals surface area contributed by atoms with Crippen molar-refractivity contribution < 1.29 is 19.5 Å². The maximum Gasteiger partial charge on any atom is 0.488 e. The predicted molar refractivity (Wildman–Crippen MR) is 78.5 cm³/mol. The third-order valence-electron chi connectivity index (χ3n) is 3.61. The zero-order valence-electron chi connectivity index (χ0n) is 12.1. The van der Waals surface area contributed by atoms with E-state index in [0.29, 0.717) is 17.8 Å². The van der Waals surface area contributed by atoms with Gasteiger partial charge in [-0.15, -0.1) is 0 Å². The number of nitrogens with zero attached hydrogens (tertiary/aromatic N) is 1. The third-order valence-corrected chi connectivity index (χ3v) is 3.61. The van der Waals surface area contributed by atoms with Crippen LogP contribution in [0.25, 0.3) is 0 Å². The summed E-state index contributed by atoms with van der Waals surface area (Å²) in [6.07, 6.45) is 0. The molecule has 1 saturated heterocycles. The van der Waals surface area contributed by atoms with Crippen LogP contribution in [0.3, 0.4) is 0 Å². The fourth-order valence-corrected chi connectivity index (χ4v) is 2.39. The monoisotopic (exact) mass is 279 g/mol. The fourth-order valence-electron chi connectivity index (χ4n) is 2.39. The summed E-state index contributed by atoms with van der Waals surface area (Å²) in [5, 5.41) is 18.7. The lowest BCUT2D eigenvalue weighted by Gasteiger charge is -2.26. The zero-order chi connectivity index (χ0) is 14.5. The quantitative estimate of drug-likeness (QED) is 0.724. The minimum atomic E-state index is -1.46. The van der Waals surface area contributed by atoms with Gasteiger partial charge < -0.3 is 19.5 Å². The van der Waals surface area contributed by atoms with Gasteiger partial charge in [-0.05, 0) is 30.9 Å². The lowest BCUT2D eigenvalue weighted by atomic mass is 9.76. The van der Waals surface area contributed by atoms with E-state index in [1.165, 1.54) is 0 Å². The predicted octanol–water partition coefficient (Wildman–Crippen LogP) is -0.306. The highest BCUT2D eigenvalue weighted by molar-refractivity contribution is 6.59. The fraction of sp³-hybridized carbons (Fsp3) is 0.571. The van der Waals surface area contributed by atoms with Gasteiger partial charge in [0.15, 0.2) is 0 Å². The van der Waals surface area contributed by atoms with Gasteiger partial charge in [0.05, 0.1) is 13.2 Å². The van der Waals surface area contributed by atoms with Crippen LogP contribution in [0.4, 0.5) is 0 Å². The van der Waals surface area contributed by atoms with Crippen molar-refractivity contribution in [1.82, 2.24) is 4.90 Å². The molecular formula is C14H22BNO4. The molecule has 0 atom stereocenters. The van der Waals surface area contributed by atoms with Gasteiger partial charge in [-0.3, -0.25) is 4.90 Å². The summed E-state index contributed by atoms with van der Waals surface area (Å²) in [6.45, 7) is 8.71. The summed E-state index contributed by atoms with van der Waals surface area (Å²) in [5.41, 5.74) is 2.36. The van der Waals surface area contributed by atoms with E-state index in [2.05, 4.69) is 4.90 Å². The molecule has 1 heterocycles. The van der Waals surface area contributed by atoms with Crippen LogP contribution < -0.4 is 10.2 Å². The molecule has 0 unspecified atom stereocenters. The summed E-state index contributed by atoms with van der Waals surface area (Å²) in [5.74, 6) is 0.715. The van der Waals surface area contributed by atoms with Gasteiger partial charge in [0.1, 0.15) is 12.4 Å². The van der Waals surface area contributed by atoms with E-state index in [9.17, 15) is 10.0 Å². The molecule has 5 nitrogen and oxygen atoms in total. The van der Waals surface area contributed by atoms with E-state index < -0.39 is 7.12 Å². The first-order chi connectivity index (χ1) is 9.58. The lowest BCUT2D eigenvalue weighted by Crippen LogP contribution is -2.38. The van der Waals surface area contributed by atoms with Crippen LogP contribution in [0.2, 0.25) is 0 Å². The smallest absolute Gasteiger partial charge is 0.488 e. The van der Waals surface area contributed by atoms with Crippen LogP contribution in [0.1, 0.15) is 11.1 Å². The van der Waals surface area contributed by atoms with Crippen molar-refractivity contribution in [1.29, 1.82) is 0 Å². The molecule has 0 radical (unpaired) electrons. The number of aryl methyl sites for hydroxylation is 2. The van der Waals surface area contributed by atoms with Crippen LogP contribution >= 0.6 is 0 Å². The van der Waals surface area contributed by atoms with Crippen molar-refractivity contribution in [2.24, 2.45) is 0 Å². The van der Waals surface area contributed by atoms with Gasteiger partial charge in [-0.1, -0.05) is 11.6 Å². The van der Waals surface area contributed by atoms with Crippen molar-refractivity contribution in [2.75, 3.05) is 39.5 Å². The maximum absolute atomic E-state index is 9.33. The van der Waals surface area contributed by atoms with Crippen molar-refractivity contribution in [3.8, 4) is 5.75 Å². The van der Waals surface area contributed by atoms with E-state index in [1.807, 2.05) is 19.9 Å². The second-order valence-corrected chi connectivity index (χ2v) is 5.15. The first-order valence-corrected chi connectivity index (χ1v) is 6.98. The van der Waals surface area contributed by atoms with Crippen LogP contribution in [-0.2, 0) is 4.74 Å². The van der Waals surface area contributed by atoms with E-state index in [-0.39, 0.29) is 0 Å². The Bertz CT molecular complexity index is 447. The maximum atomic E-state index is 9.33. The van der Waals surface area contributed by atoms with Crippen molar-refractivity contribution >= 4 is 12.6 Å². The number of morpholine rings is 1. The molecule has 1 aromatic carbocycles. The number of hydrogen-bond donors (Lipinski definition) is 2. The van der Waals surface area contributed by atoms with Crippen molar-refractivity contribution in [3.05, 3.63) is 23.3 Å². The number of ether oxygens (including phenoxy) is 2. The number of rotatable bonds is 5. The van der Waals surface area contributed by atoms with Gasteiger partial charge in [-0.2, -0.15) is 0 Å². The van der Waals surface area contributed by atoms with Gasteiger partial charge in [0.25, 0.3) is 0 Å². The second kappa shape index (κ2) is 7.08. The molecule has 0 saturated carbocycles. The van der Waals surface area contributed by atoms with E-state index >= 15 is 0 Å². The Labute approximate surface area is 120 Å². The standard InChI is InChI=1S/C14H22BNO4/c1-11-9-12(2)14(10-13(11)15(17)18)20-8-5-16-3-6-19-7-4-16/h9-10,17-18H,3-8H2,1-2H3. The molecule has 0 aromatic heterocycles. The third kappa shape index (κ3) is 3.96. The molecule has 6 heteroatoms. The highest BCUT2D eigenvalue weighted by atomic mass is 16.5. The number of hydrogen-bond acceptors (Lipinski definition) is 5. The van der Waals surface area contributed by atoms with E-state index in [0.717, 1.165) is 44.0 Å². The molecule has 110 valence electrons. The molecule has 0 amide bonds. The summed E-state index contributed by atoms with van der Waals surface area (Å²) in [4.78, 5) is 2.30. The van der Waals surface area contributed by atoms with Gasteiger partial charge in [0.2, 0.25) is 0 Å². The van der Waals surface area contributed by atoms with E-state index in [1.54, 1.807) is 6.07 Å². The summed E-state index contributed by atoms with van der Waals surface area (Å²) >= 11 is 0. The first kappa shape index (κ1) is 15.3. The van der Waals surface area contributed by atoms with Gasteiger partial charge >= 0.3 is 7.12 Å². The highest BCUT2D eigenvalue weighted by Gasteiger charge is 2.17. The Morgan fingerprint density at radius 3 is 2.55 bits per heavy atom. The van der Waals surface area contributed by atoms with Crippen LogP contribution in [0.15, 0.2) is 12.1 Å². The molecule has 0 spiro atoms. The molecule has 2 N–H and O–H groups in total. The Hall–Kier alpha value is -1.08. The molecular weight excluding hydrogens is 257 g/mol. The van der Waals surface area contributed by atoms with Crippen LogP contribution in [0.5, 0.6) is 5.75 Å². The van der Waals surface area contributed by atoms with E-state index in [4.69, 9.17) is 9.47 Å². The molecule has 2 rings (SSSR count). The minimum absolute atomic E-state index is 0.497. The normalized spacial score (nSPS) is 16.2. The molecule has 20 heavy (non-hydrogen) atoms. The molecule has 1 aliphatic rings. The van der Waals surface area contributed by atoms with Crippen molar-refractivity contribution in [3.63, 3.8) is 0 Å². The SMILES string of the molecule is Cc1cc(C)c(B(O)O)cc1OCCN1CCOCC1. The van der Waals surface area contributed by atoms with Gasteiger partial charge in [-0.25, -0.2) is 0 Å². The molecule has 1 fully saturated rings. The average Bonchev–Trinajstić information content (AvgIpc) is 2.42. The number of benzene rings is 1. The lowest BCUT2D eigenvalue weighted by molar-refractivity contribution is 0.0322. The minimum Gasteiger partial charge on any atom is -0.492 e.